The Morgan fingerprint density at radius 3 is 2.51 bits per heavy atom. The molecule has 2 aliphatic carbocycles. The molecule has 6 aromatic rings. The molecule has 15 heteroatoms. The molecule has 11 N–H and O–H groups in total. The van der Waals surface area contributed by atoms with Gasteiger partial charge in [-0.3, -0.25) is 10.6 Å². The van der Waals surface area contributed by atoms with Crippen molar-refractivity contribution in [2.75, 3.05) is 59.9 Å². The first-order chi connectivity index (χ1) is 39.8. The minimum absolute atomic E-state index is 0.0828. The molecule has 1 aromatic heterocycles. The van der Waals surface area contributed by atoms with Crippen molar-refractivity contribution in [1.82, 2.24) is 26.3 Å². The first-order valence-corrected chi connectivity index (χ1v) is 29.5. The van der Waals surface area contributed by atoms with Gasteiger partial charge in [0.2, 0.25) is 0 Å². The number of hydrogen-bond donors (Lipinski definition) is 11. The predicted octanol–water partition coefficient (Wildman–Crippen LogP) is 7.96. The van der Waals surface area contributed by atoms with Crippen molar-refractivity contribution in [1.29, 1.82) is 0 Å². The van der Waals surface area contributed by atoms with E-state index in [0.717, 1.165) is 74.8 Å². The summed E-state index contributed by atoms with van der Waals surface area (Å²) in [7, 11) is 1.83. The van der Waals surface area contributed by atoms with Gasteiger partial charge in [-0.1, -0.05) is 68.2 Å². The molecule has 0 radical (unpaired) electrons. The third-order valence-corrected chi connectivity index (χ3v) is 17.4. The normalized spacial score (nSPS) is 23.0. The standard InChI is InChI=1S/C67H81N5O10/c1-40(2)32-66(3,78)37-70-38-72-58-16-8-15-47(35-74)80-57-30-45(28-44(62(57)77)14-10-26-73)65-67(58,79-39-68-4)33-54-51-31-53-59(43-17-21-55-42(27-43)23-25-71-55)46(34-69-24-9-13-41-11-6-5-7-12-41)29-52-56(76)22-20-49(60(52)53)61(51)64-50(63(54)82-65)19-18-48(36-75)81-64/h5-7,11-12,17,20-23,25,27-30,40,47-48,53,58-59,65,68-78H,9-10,13-15,18-19,24,26,31-39H2,1-4H3/t47-,48-,53+,58-,59-,65-,66+,67+/m1/s1. The van der Waals surface area contributed by atoms with E-state index in [4.69, 9.17) is 18.9 Å². The summed E-state index contributed by atoms with van der Waals surface area (Å²) < 4.78 is 28.7. The number of aryl methyl sites for hydroxylation is 2. The number of fused-ring (bicyclic) bond motifs is 12. The van der Waals surface area contributed by atoms with Crippen LogP contribution in [-0.2, 0) is 36.8 Å². The molecule has 15 nitrogen and oxygen atoms in total. The maximum atomic E-state index is 12.1. The van der Waals surface area contributed by atoms with Gasteiger partial charge in [0.1, 0.15) is 41.1 Å². The summed E-state index contributed by atoms with van der Waals surface area (Å²) in [5.41, 5.74) is 10.1. The lowest BCUT2D eigenvalue weighted by Crippen LogP contribution is -2.62. The van der Waals surface area contributed by atoms with Gasteiger partial charge in [0.15, 0.2) is 17.6 Å². The number of nitrogens with one attached hydrogen (secondary N) is 5. The summed E-state index contributed by atoms with van der Waals surface area (Å²) in [6.07, 6.45) is 7.27. The van der Waals surface area contributed by atoms with Crippen LogP contribution in [0, 0.1) is 17.8 Å². The molecule has 11 rings (SSSR count). The summed E-state index contributed by atoms with van der Waals surface area (Å²) in [4.78, 5) is 3.40. The number of rotatable bonds is 22. The lowest BCUT2D eigenvalue weighted by Gasteiger charge is -2.50. The van der Waals surface area contributed by atoms with Gasteiger partial charge in [-0.2, -0.15) is 0 Å². The molecule has 434 valence electrons. The Balaban J connectivity index is 1.10. The van der Waals surface area contributed by atoms with Crippen molar-refractivity contribution in [2.24, 2.45) is 5.92 Å². The molecule has 5 aromatic carbocycles. The Morgan fingerprint density at radius 2 is 1.72 bits per heavy atom. The quantitative estimate of drug-likeness (QED) is 0.0177. The van der Waals surface area contributed by atoms with E-state index >= 15 is 0 Å². The molecule has 0 amide bonds. The average Bonchev–Trinajstić information content (AvgIpc) is 3.99. The van der Waals surface area contributed by atoms with Crippen molar-refractivity contribution in [3.63, 3.8) is 0 Å². The number of aromatic amines is 1. The number of hydrogen-bond acceptors (Lipinski definition) is 14. The molecule has 0 spiro atoms. The Morgan fingerprint density at radius 1 is 0.878 bits per heavy atom. The maximum absolute atomic E-state index is 12.1. The molecule has 4 heterocycles. The van der Waals surface area contributed by atoms with E-state index < -0.39 is 35.6 Å². The number of aliphatic hydroxyl groups is 4. The molecular weight excluding hydrogens is 1030 g/mol. The lowest BCUT2D eigenvalue weighted by molar-refractivity contribution is -0.141. The number of aliphatic hydroxyl groups excluding tert-OH is 3. The van der Waals surface area contributed by atoms with E-state index in [-0.39, 0.29) is 81.1 Å². The Kier molecular flexibility index (Phi) is 17.4. The van der Waals surface area contributed by atoms with E-state index in [1.165, 1.54) is 11.1 Å². The Labute approximate surface area is 481 Å². The molecule has 0 fully saturated rings. The van der Waals surface area contributed by atoms with Gasteiger partial charge >= 0.3 is 0 Å². The maximum Gasteiger partial charge on any atom is 0.162 e. The Hall–Kier alpha value is -6.42. The van der Waals surface area contributed by atoms with Crippen molar-refractivity contribution in [3.05, 3.63) is 141 Å². The van der Waals surface area contributed by atoms with Gasteiger partial charge in [-0.05, 0) is 176 Å². The van der Waals surface area contributed by atoms with Crippen LogP contribution in [0.25, 0.3) is 28.1 Å². The van der Waals surface area contributed by atoms with Crippen LogP contribution >= 0.6 is 0 Å². The summed E-state index contributed by atoms with van der Waals surface area (Å²) >= 11 is 0. The third kappa shape index (κ3) is 11.5. The fraction of sp³-hybridized carbons (Fsp3) is 0.463. The van der Waals surface area contributed by atoms with Crippen LogP contribution in [0.4, 0.5) is 0 Å². The average molecular weight is 1120 g/mol. The zero-order valence-electron chi connectivity index (χ0n) is 47.7. The van der Waals surface area contributed by atoms with Crippen LogP contribution in [0.3, 0.4) is 0 Å². The molecular formula is C67H81N5O10. The lowest BCUT2D eigenvalue weighted by atomic mass is 9.62. The van der Waals surface area contributed by atoms with Crippen LogP contribution in [-0.4, -0.2) is 125 Å². The highest BCUT2D eigenvalue weighted by atomic mass is 16.6. The van der Waals surface area contributed by atoms with Crippen LogP contribution < -0.4 is 35.5 Å². The third-order valence-electron chi connectivity index (χ3n) is 17.4. The second-order valence-corrected chi connectivity index (χ2v) is 23.9. The molecule has 0 saturated carbocycles. The molecule has 0 unspecified atom stereocenters. The highest BCUT2D eigenvalue weighted by molar-refractivity contribution is 5.90. The van der Waals surface area contributed by atoms with Gasteiger partial charge in [0.05, 0.1) is 25.5 Å². The largest absolute Gasteiger partial charge is 0.507 e. The number of aromatic hydroxyl groups is 2. The van der Waals surface area contributed by atoms with E-state index in [9.17, 15) is 30.6 Å². The summed E-state index contributed by atoms with van der Waals surface area (Å²) in [6, 6.07) is 26.1. The monoisotopic (exact) mass is 1120 g/mol. The molecule has 5 aliphatic rings. The minimum atomic E-state index is -1.34. The molecule has 0 saturated heterocycles. The summed E-state index contributed by atoms with van der Waals surface area (Å²) in [6.45, 7) is 7.46. The highest BCUT2D eigenvalue weighted by Gasteiger charge is 2.55. The van der Waals surface area contributed by atoms with Crippen LogP contribution in [0.2, 0.25) is 0 Å². The van der Waals surface area contributed by atoms with Gasteiger partial charge in [-0.25, -0.2) is 0 Å². The first kappa shape index (κ1) is 57.4. The van der Waals surface area contributed by atoms with E-state index in [1.807, 2.05) is 38.4 Å². The molecule has 2 bridgehead atoms. The van der Waals surface area contributed by atoms with Gasteiger partial charge in [0, 0.05) is 79.1 Å². The second-order valence-electron chi connectivity index (χ2n) is 23.9. The van der Waals surface area contributed by atoms with Gasteiger partial charge < -0.3 is 65.2 Å². The number of phenols is 2. The molecule has 8 atom stereocenters. The SMILES string of the molecule is CNCO[C@]12Cc3c4c(c5c(c3O[C@@H]1c1cc(CCCO)c(O)c(c1)O[C@@H](CO)CC#C[C@H]2NCNC[C@@](C)(O)CC(C)C)CC[C@H](CO)O5)-c1ccc(O)c2c1[C@@H](C4)[C@H](c1ccc3[nH]ccc3c1)C(CNCCCc1ccccc1)=C2. The fourth-order valence-corrected chi connectivity index (χ4v) is 13.8. The van der Waals surface area contributed by atoms with Crippen LogP contribution in [0.1, 0.15) is 121 Å². The summed E-state index contributed by atoms with van der Waals surface area (Å²) in [5, 5.41) is 82.5. The highest BCUT2D eigenvalue weighted by Crippen LogP contribution is 2.62. The first-order valence-electron chi connectivity index (χ1n) is 29.5. The zero-order chi connectivity index (χ0) is 57.1. The summed E-state index contributed by atoms with van der Waals surface area (Å²) in [5.74, 6) is 8.57. The molecule has 82 heavy (non-hydrogen) atoms. The predicted molar refractivity (Wildman–Crippen MR) is 319 cm³/mol. The van der Waals surface area contributed by atoms with Crippen LogP contribution in [0.5, 0.6) is 28.7 Å². The smallest absolute Gasteiger partial charge is 0.162 e. The van der Waals surface area contributed by atoms with Crippen LogP contribution in [0.15, 0.2) is 90.6 Å². The molecule has 3 aliphatic heterocycles. The number of H-pyrrole nitrogens is 1. The Bertz CT molecular complexity index is 3350. The van der Waals surface area contributed by atoms with E-state index in [1.54, 1.807) is 12.1 Å². The number of ether oxygens (including phenoxy) is 4. The van der Waals surface area contributed by atoms with Crippen molar-refractivity contribution in [3.8, 4) is 51.7 Å². The number of benzene rings is 5. The van der Waals surface area contributed by atoms with Crippen molar-refractivity contribution in [2.45, 2.75) is 132 Å². The fourth-order valence-electron chi connectivity index (χ4n) is 13.8. The second kappa shape index (κ2) is 24.8. The zero-order valence-corrected chi connectivity index (χ0v) is 47.7. The van der Waals surface area contributed by atoms with Gasteiger partial charge in [-0.15, -0.1) is 0 Å². The van der Waals surface area contributed by atoms with Gasteiger partial charge in [0.25, 0.3) is 0 Å². The number of aromatic nitrogens is 1. The minimum Gasteiger partial charge on any atom is -0.507 e. The van der Waals surface area contributed by atoms with Crippen molar-refractivity contribution >= 4 is 17.0 Å². The topological polar surface area (TPSA) is 222 Å². The van der Waals surface area contributed by atoms with E-state index in [2.05, 4.69) is 107 Å². The number of phenolic OH excluding ortho intramolecular Hbond substituents is 2. The van der Waals surface area contributed by atoms with Crippen molar-refractivity contribution < 1.29 is 49.6 Å². The van der Waals surface area contributed by atoms with E-state index in [0.29, 0.717) is 74.2 Å².